The zero-order chi connectivity index (χ0) is 16.3. The maximum absolute atomic E-state index is 13.6. The molecule has 1 amide bonds. The highest BCUT2D eigenvalue weighted by Gasteiger charge is 2.06. The molecule has 1 N–H and O–H groups in total. The fourth-order valence-corrected chi connectivity index (χ4v) is 2.73. The van der Waals surface area contributed by atoms with Crippen LogP contribution in [0, 0.1) is 26.6 Å². The predicted octanol–water partition coefficient (Wildman–Crippen LogP) is 5.17. The summed E-state index contributed by atoms with van der Waals surface area (Å²) >= 11 is 3.28. The van der Waals surface area contributed by atoms with Crippen molar-refractivity contribution in [1.82, 2.24) is 0 Å². The van der Waals surface area contributed by atoms with Gasteiger partial charge in [-0.05, 0) is 56.2 Å². The summed E-state index contributed by atoms with van der Waals surface area (Å²) < 4.78 is 14.4. The lowest BCUT2D eigenvalue weighted by atomic mass is 10.1. The van der Waals surface area contributed by atoms with Gasteiger partial charge in [-0.3, -0.25) is 4.79 Å². The van der Waals surface area contributed by atoms with Gasteiger partial charge >= 0.3 is 0 Å². The highest BCUT2D eigenvalue weighted by molar-refractivity contribution is 9.10. The van der Waals surface area contributed by atoms with E-state index in [0.717, 1.165) is 26.9 Å². The number of halogens is 2. The quantitative estimate of drug-likeness (QED) is 0.751. The van der Waals surface area contributed by atoms with Crippen LogP contribution in [-0.2, 0) is 4.79 Å². The second-order valence-electron chi connectivity index (χ2n) is 5.26. The molecule has 0 radical (unpaired) electrons. The number of carbonyl (C=O) groups is 1. The molecule has 2 aromatic carbocycles. The molecule has 22 heavy (non-hydrogen) atoms. The van der Waals surface area contributed by atoms with Gasteiger partial charge in [0.05, 0.1) is 0 Å². The summed E-state index contributed by atoms with van der Waals surface area (Å²) in [7, 11) is 0. The van der Waals surface area contributed by atoms with Gasteiger partial charge in [-0.25, -0.2) is 4.39 Å². The summed E-state index contributed by atoms with van der Waals surface area (Å²) in [6.07, 6.45) is 2.80. The number of benzene rings is 2. The van der Waals surface area contributed by atoms with E-state index in [2.05, 4.69) is 21.2 Å². The SMILES string of the molecule is Cc1cc(C)c(NC(=O)/C=C/c2cc(Br)ccc2F)c(C)c1. The van der Waals surface area contributed by atoms with E-state index in [4.69, 9.17) is 0 Å². The monoisotopic (exact) mass is 361 g/mol. The molecule has 114 valence electrons. The molecule has 0 aliphatic carbocycles. The van der Waals surface area contributed by atoms with Crippen LogP contribution >= 0.6 is 15.9 Å². The van der Waals surface area contributed by atoms with E-state index >= 15 is 0 Å². The molecule has 0 atom stereocenters. The first kappa shape index (κ1) is 16.4. The Kier molecular flexibility index (Phi) is 5.14. The molecule has 2 rings (SSSR count). The van der Waals surface area contributed by atoms with Crippen molar-refractivity contribution in [3.05, 3.63) is 69.0 Å². The number of anilines is 1. The highest BCUT2D eigenvalue weighted by atomic mass is 79.9. The maximum Gasteiger partial charge on any atom is 0.248 e. The lowest BCUT2D eigenvalue weighted by Gasteiger charge is -2.11. The van der Waals surface area contributed by atoms with Crippen molar-refractivity contribution in [3.8, 4) is 0 Å². The van der Waals surface area contributed by atoms with Crippen molar-refractivity contribution in [2.45, 2.75) is 20.8 Å². The van der Waals surface area contributed by atoms with Crippen molar-refractivity contribution in [2.75, 3.05) is 5.32 Å². The third-order valence-corrected chi connectivity index (χ3v) is 3.79. The lowest BCUT2D eigenvalue weighted by molar-refractivity contribution is -0.111. The minimum Gasteiger partial charge on any atom is -0.322 e. The molecule has 0 bridgehead atoms. The van der Waals surface area contributed by atoms with E-state index in [-0.39, 0.29) is 11.7 Å². The molecular formula is C18H17BrFNO. The van der Waals surface area contributed by atoms with Crippen LogP contribution in [0.3, 0.4) is 0 Å². The van der Waals surface area contributed by atoms with E-state index in [1.807, 2.05) is 32.9 Å². The van der Waals surface area contributed by atoms with Crippen LogP contribution in [-0.4, -0.2) is 5.91 Å². The van der Waals surface area contributed by atoms with Gasteiger partial charge in [0.2, 0.25) is 5.91 Å². The van der Waals surface area contributed by atoms with Crippen molar-refractivity contribution >= 4 is 33.6 Å². The topological polar surface area (TPSA) is 29.1 Å². The molecule has 0 fully saturated rings. The molecule has 0 saturated carbocycles. The highest BCUT2D eigenvalue weighted by Crippen LogP contribution is 2.22. The van der Waals surface area contributed by atoms with Crippen molar-refractivity contribution in [1.29, 1.82) is 0 Å². The Bertz CT molecular complexity index is 730. The first-order valence-corrected chi connectivity index (χ1v) is 7.68. The Hall–Kier alpha value is -1.94. The van der Waals surface area contributed by atoms with Gasteiger partial charge in [-0.15, -0.1) is 0 Å². The van der Waals surface area contributed by atoms with Crippen molar-refractivity contribution < 1.29 is 9.18 Å². The second kappa shape index (κ2) is 6.88. The van der Waals surface area contributed by atoms with Crippen LogP contribution in [0.15, 0.2) is 40.9 Å². The number of rotatable bonds is 3. The number of aryl methyl sites for hydroxylation is 3. The smallest absolute Gasteiger partial charge is 0.248 e. The molecular weight excluding hydrogens is 345 g/mol. The van der Waals surface area contributed by atoms with Crippen LogP contribution in [0.2, 0.25) is 0 Å². The molecule has 0 unspecified atom stereocenters. The largest absolute Gasteiger partial charge is 0.322 e. The zero-order valence-electron chi connectivity index (χ0n) is 12.7. The van der Waals surface area contributed by atoms with Crippen LogP contribution in [0.25, 0.3) is 6.08 Å². The Balaban J connectivity index is 2.17. The first-order chi connectivity index (χ1) is 10.4. The maximum atomic E-state index is 13.6. The summed E-state index contributed by atoms with van der Waals surface area (Å²) in [4.78, 5) is 12.0. The van der Waals surface area contributed by atoms with Crippen molar-refractivity contribution in [3.63, 3.8) is 0 Å². The van der Waals surface area contributed by atoms with E-state index in [1.165, 1.54) is 18.2 Å². The van der Waals surface area contributed by atoms with Gasteiger partial charge in [0, 0.05) is 21.8 Å². The zero-order valence-corrected chi connectivity index (χ0v) is 14.3. The molecule has 2 nitrogen and oxygen atoms in total. The van der Waals surface area contributed by atoms with Crippen LogP contribution < -0.4 is 5.32 Å². The van der Waals surface area contributed by atoms with Gasteiger partial charge in [0.1, 0.15) is 5.82 Å². The third kappa shape index (κ3) is 4.04. The second-order valence-corrected chi connectivity index (χ2v) is 6.18. The van der Waals surface area contributed by atoms with Crippen LogP contribution in [0.4, 0.5) is 10.1 Å². The Labute approximate surface area is 138 Å². The first-order valence-electron chi connectivity index (χ1n) is 6.89. The predicted molar refractivity (Wildman–Crippen MR) is 92.4 cm³/mol. The average Bonchev–Trinajstić information content (AvgIpc) is 2.44. The molecule has 0 heterocycles. The van der Waals surface area contributed by atoms with Gasteiger partial charge in [0.15, 0.2) is 0 Å². The fraction of sp³-hybridized carbons (Fsp3) is 0.167. The number of carbonyl (C=O) groups excluding carboxylic acids is 1. The summed E-state index contributed by atoms with van der Waals surface area (Å²) in [5, 5.41) is 2.85. The summed E-state index contributed by atoms with van der Waals surface area (Å²) in [5.41, 5.74) is 4.33. The molecule has 0 saturated heterocycles. The van der Waals surface area contributed by atoms with Gasteiger partial charge in [-0.2, -0.15) is 0 Å². The standard InChI is InChI=1S/C18H17BrFNO/c1-11-8-12(2)18(13(3)9-11)21-17(22)7-4-14-10-15(19)5-6-16(14)20/h4-10H,1-3H3,(H,21,22)/b7-4+. The Morgan fingerprint density at radius 3 is 2.41 bits per heavy atom. The Morgan fingerprint density at radius 1 is 1.14 bits per heavy atom. The fourth-order valence-electron chi connectivity index (χ4n) is 2.35. The average molecular weight is 362 g/mol. The number of nitrogens with one attached hydrogen (secondary N) is 1. The lowest BCUT2D eigenvalue weighted by Crippen LogP contribution is -2.10. The minimum absolute atomic E-state index is 0.283. The minimum atomic E-state index is -0.366. The van der Waals surface area contributed by atoms with E-state index < -0.39 is 0 Å². The van der Waals surface area contributed by atoms with Gasteiger partial charge in [0.25, 0.3) is 0 Å². The van der Waals surface area contributed by atoms with E-state index in [9.17, 15) is 9.18 Å². The van der Waals surface area contributed by atoms with E-state index in [1.54, 1.807) is 12.1 Å². The molecule has 0 aliphatic rings. The van der Waals surface area contributed by atoms with Gasteiger partial charge in [-0.1, -0.05) is 33.6 Å². The molecule has 0 spiro atoms. The summed E-state index contributed by atoms with van der Waals surface area (Å²) in [6, 6.07) is 8.63. The van der Waals surface area contributed by atoms with Gasteiger partial charge < -0.3 is 5.32 Å². The molecule has 0 aromatic heterocycles. The summed E-state index contributed by atoms with van der Waals surface area (Å²) in [5.74, 6) is -0.649. The number of hydrogen-bond acceptors (Lipinski definition) is 1. The molecule has 2 aromatic rings. The number of hydrogen-bond donors (Lipinski definition) is 1. The number of amides is 1. The van der Waals surface area contributed by atoms with Crippen molar-refractivity contribution in [2.24, 2.45) is 0 Å². The van der Waals surface area contributed by atoms with Crippen LogP contribution in [0.5, 0.6) is 0 Å². The summed E-state index contributed by atoms with van der Waals surface area (Å²) in [6.45, 7) is 5.92. The third-order valence-electron chi connectivity index (χ3n) is 3.30. The molecule has 4 heteroatoms. The normalized spacial score (nSPS) is 11.0. The molecule has 0 aliphatic heterocycles. The Morgan fingerprint density at radius 2 is 1.77 bits per heavy atom. The van der Waals surface area contributed by atoms with Crippen LogP contribution in [0.1, 0.15) is 22.3 Å². The van der Waals surface area contributed by atoms with E-state index in [0.29, 0.717) is 5.56 Å².